The molecule has 24 heavy (non-hydrogen) atoms. The molecule has 0 unspecified atom stereocenters. The summed E-state index contributed by atoms with van der Waals surface area (Å²) in [5.74, 6) is 0.233. The normalized spacial score (nSPS) is 10.5. The maximum absolute atomic E-state index is 12.2. The fourth-order valence-corrected chi connectivity index (χ4v) is 3.39. The maximum atomic E-state index is 12.2. The summed E-state index contributed by atoms with van der Waals surface area (Å²) in [5.41, 5.74) is 2.34. The Morgan fingerprint density at radius 2 is 1.67 bits per heavy atom. The minimum atomic E-state index is -0.278. The number of phenolic OH excluding ortho intramolecular Hbond substituents is 1. The SMILES string of the molecule is CC(C)c1ccc(C(=O)NC(=S)Nc2cc(Br)c(O)c(Br)c2)cc1. The van der Waals surface area contributed by atoms with E-state index < -0.39 is 0 Å². The number of rotatable bonds is 3. The van der Waals surface area contributed by atoms with Crippen molar-refractivity contribution in [1.82, 2.24) is 5.32 Å². The van der Waals surface area contributed by atoms with Crippen LogP contribution in [0.1, 0.15) is 35.7 Å². The molecule has 7 heteroatoms. The molecular formula is C17H16Br2N2O2S. The molecule has 0 spiro atoms. The standard InChI is InChI=1S/C17H16Br2N2O2S/c1-9(2)10-3-5-11(6-4-10)16(23)21-17(24)20-12-7-13(18)15(22)14(19)8-12/h3-9,22H,1-2H3,(H2,20,21,23,24). The highest BCUT2D eigenvalue weighted by molar-refractivity contribution is 9.11. The van der Waals surface area contributed by atoms with Gasteiger partial charge in [-0.1, -0.05) is 26.0 Å². The van der Waals surface area contributed by atoms with Crippen molar-refractivity contribution in [3.05, 3.63) is 56.5 Å². The number of carbonyl (C=O) groups is 1. The molecule has 0 heterocycles. The third-order valence-corrected chi connectivity index (χ3v) is 4.75. The maximum Gasteiger partial charge on any atom is 0.257 e. The van der Waals surface area contributed by atoms with Crippen LogP contribution in [-0.2, 0) is 0 Å². The summed E-state index contributed by atoms with van der Waals surface area (Å²) < 4.78 is 1.02. The van der Waals surface area contributed by atoms with Crippen molar-refractivity contribution in [2.75, 3.05) is 5.32 Å². The van der Waals surface area contributed by atoms with Gasteiger partial charge in [0.15, 0.2) is 5.11 Å². The van der Waals surface area contributed by atoms with E-state index in [1.165, 1.54) is 5.56 Å². The van der Waals surface area contributed by atoms with Gasteiger partial charge in [-0.25, -0.2) is 0 Å². The predicted molar refractivity (Wildman–Crippen MR) is 108 cm³/mol. The van der Waals surface area contributed by atoms with Gasteiger partial charge in [-0.05, 0) is 79.8 Å². The summed E-state index contributed by atoms with van der Waals surface area (Å²) >= 11 is 11.6. The average molecular weight is 472 g/mol. The number of carbonyl (C=O) groups excluding carboxylic acids is 1. The molecule has 0 radical (unpaired) electrons. The number of hydrogen-bond acceptors (Lipinski definition) is 3. The predicted octanol–water partition coefficient (Wildman–Crippen LogP) is 5.17. The molecule has 0 aliphatic carbocycles. The second-order valence-corrected chi connectivity index (χ2v) is 7.59. The van der Waals surface area contributed by atoms with Crippen LogP contribution in [0.5, 0.6) is 5.75 Å². The number of anilines is 1. The van der Waals surface area contributed by atoms with Gasteiger partial charge in [-0.2, -0.15) is 0 Å². The zero-order valence-electron chi connectivity index (χ0n) is 13.1. The molecule has 2 aromatic carbocycles. The summed E-state index contributed by atoms with van der Waals surface area (Å²) in [5, 5.41) is 15.4. The number of phenols is 1. The number of aromatic hydroxyl groups is 1. The molecule has 0 aromatic heterocycles. The van der Waals surface area contributed by atoms with Crippen molar-refractivity contribution in [3.63, 3.8) is 0 Å². The monoisotopic (exact) mass is 470 g/mol. The first-order valence-electron chi connectivity index (χ1n) is 7.18. The van der Waals surface area contributed by atoms with Gasteiger partial charge < -0.3 is 10.4 Å². The minimum absolute atomic E-state index is 0.0979. The van der Waals surface area contributed by atoms with E-state index in [1.807, 2.05) is 12.1 Å². The Balaban J connectivity index is 2.02. The van der Waals surface area contributed by atoms with E-state index in [2.05, 4.69) is 56.3 Å². The second kappa shape index (κ2) is 8.09. The Hall–Kier alpha value is -1.44. The Morgan fingerprint density at radius 1 is 1.12 bits per heavy atom. The molecule has 0 saturated heterocycles. The lowest BCUT2D eigenvalue weighted by Gasteiger charge is -2.12. The van der Waals surface area contributed by atoms with E-state index in [0.29, 0.717) is 26.1 Å². The van der Waals surface area contributed by atoms with Crippen molar-refractivity contribution >= 4 is 60.8 Å². The molecule has 1 amide bonds. The fraction of sp³-hybridized carbons (Fsp3) is 0.176. The molecule has 2 aromatic rings. The van der Waals surface area contributed by atoms with Crippen molar-refractivity contribution in [1.29, 1.82) is 0 Å². The van der Waals surface area contributed by atoms with Crippen LogP contribution in [-0.4, -0.2) is 16.1 Å². The highest BCUT2D eigenvalue weighted by Gasteiger charge is 2.11. The zero-order chi connectivity index (χ0) is 17.9. The van der Waals surface area contributed by atoms with Gasteiger partial charge >= 0.3 is 0 Å². The van der Waals surface area contributed by atoms with Crippen LogP contribution in [0.4, 0.5) is 5.69 Å². The van der Waals surface area contributed by atoms with Crippen molar-refractivity contribution < 1.29 is 9.90 Å². The highest BCUT2D eigenvalue weighted by Crippen LogP contribution is 2.35. The van der Waals surface area contributed by atoms with Crippen LogP contribution >= 0.6 is 44.1 Å². The Morgan fingerprint density at radius 3 is 2.17 bits per heavy atom. The van der Waals surface area contributed by atoms with E-state index in [4.69, 9.17) is 12.2 Å². The van der Waals surface area contributed by atoms with Crippen LogP contribution in [0.2, 0.25) is 0 Å². The van der Waals surface area contributed by atoms with Gasteiger partial charge in [0.05, 0.1) is 8.95 Å². The smallest absolute Gasteiger partial charge is 0.257 e. The Kier molecular flexibility index (Phi) is 6.37. The molecule has 0 aliphatic heterocycles. The summed E-state index contributed by atoms with van der Waals surface area (Å²) in [6.45, 7) is 4.20. The van der Waals surface area contributed by atoms with E-state index in [9.17, 15) is 9.90 Å². The second-order valence-electron chi connectivity index (χ2n) is 5.47. The first-order valence-corrected chi connectivity index (χ1v) is 9.17. The lowest BCUT2D eigenvalue weighted by molar-refractivity contribution is 0.0977. The molecule has 0 saturated carbocycles. The van der Waals surface area contributed by atoms with Gasteiger partial charge in [0.1, 0.15) is 5.75 Å². The first kappa shape index (κ1) is 18.9. The van der Waals surface area contributed by atoms with Crippen LogP contribution in [0.3, 0.4) is 0 Å². The van der Waals surface area contributed by atoms with Gasteiger partial charge in [-0.15, -0.1) is 0 Å². The summed E-state index contributed by atoms with van der Waals surface area (Å²) in [7, 11) is 0. The van der Waals surface area contributed by atoms with Crippen molar-refractivity contribution in [2.24, 2.45) is 0 Å². The minimum Gasteiger partial charge on any atom is -0.506 e. The van der Waals surface area contributed by atoms with Gasteiger partial charge in [0.2, 0.25) is 0 Å². The molecular weight excluding hydrogens is 456 g/mol. The van der Waals surface area contributed by atoms with Crippen LogP contribution in [0.15, 0.2) is 45.3 Å². The van der Waals surface area contributed by atoms with Crippen LogP contribution in [0, 0.1) is 0 Å². The largest absolute Gasteiger partial charge is 0.506 e. The van der Waals surface area contributed by atoms with Gasteiger partial charge in [0.25, 0.3) is 5.91 Å². The lowest BCUT2D eigenvalue weighted by atomic mass is 10.0. The number of hydrogen-bond donors (Lipinski definition) is 3. The Labute approximate surface area is 162 Å². The molecule has 0 atom stereocenters. The number of benzene rings is 2. The van der Waals surface area contributed by atoms with Gasteiger partial charge in [0, 0.05) is 11.3 Å². The zero-order valence-corrected chi connectivity index (χ0v) is 17.0. The highest BCUT2D eigenvalue weighted by atomic mass is 79.9. The number of halogens is 2. The van der Waals surface area contributed by atoms with E-state index in [1.54, 1.807) is 24.3 Å². The first-order chi connectivity index (χ1) is 11.3. The molecule has 0 aliphatic rings. The molecule has 126 valence electrons. The van der Waals surface area contributed by atoms with Crippen molar-refractivity contribution in [2.45, 2.75) is 19.8 Å². The molecule has 2 rings (SSSR count). The van der Waals surface area contributed by atoms with E-state index in [-0.39, 0.29) is 16.8 Å². The summed E-state index contributed by atoms with van der Waals surface area (Å²) in [6, 6.07) is 10.8. The van der Waals surface area contributed by atoms with Crippen molar-refractivity contribution in [3.8, 4) is 5.75 Å². The molecule has 0 fully saturated rings. The van der Waals surface area contributed by atoms with Crippen LogP contribution in [0.25, 0.3) is 0 Å². The summed E-state index contributed by atoms with van der Waals surface area (Å²) in [4.78, 5) is 12.2. The quantitative estimate of drug-likeness (QED) is 0.427. The summed E-state index contributed by atoms with van der Waals surface area (Å²) in [6.07, 6.45) is 0. The average Bonchev–Trinajstić information content (AvgIpc) is 2.52. The van der Waals surface area contributed by atoms with Crippen LogP contribution < -0.4 is 10.6 Å². The molecule has 3 N–H and O–H groups in total. The lowest BCUT2D eigenvalue weighted by Crippen LogP contribution is -2.34. The Bertz CT molecular complexity index is 754. The van der Waals surface area contributed by atoms with Gasteiger partial charge in [-0.3, -0.25) is 10.1 Å². The molecule has 4 nitrogen and oxygen atoms in total. The van der Waals surface area contributed by atoms with E-state index >= 15 is 0 Å². The number of nitrogens with one attached hydrogen (secondary N) is 2. The topological polar surface area (TPSA) is 61.4 Å². The molecule has 0 bridgehead atoms. The van der Waals surface area contributed by atoms with E-state index in [0.717, 1.165) is 0 Å². The number of amides is 1. The fourth-order valence-electron chi connectivity index (χ4n) is 1.99. The third kappa shape index (κ3) is 4.78. The third-order valence-electron chi connectivity index (χ3n) is 3.34. The number of thiocarbonyl (C=S) groups is 1.